The van der Waals surface area contributed by atoms with Crippen LogP contribution in [0.2, 0.25) is 0 Å². The lowest BCUT2D eigenvalue weighted by atomic mass is 9.95. The number of alkyl carbamates (subject to hydrolysis) is 1. The number of urea groups is 1. The molecule has 1 fully saturated rings. The molecule has 3 atom stereocenters. The number of rotatable bonds is 21. The maximum absolute atomic E-state index is 14.2. The lowest BCUT2D eigenvalue weighted by Gasteiger charge is -2.30. The molecule has 0 radical (unpaired) electrons. The van der Waals surface area contributed by atoms with Crippen molar-refractivity contribution in [3.8, 4) is 0 Å². The quantitative estimate of drug-likeness (QED) is 0.108. The van der Waals surface area contributed by atoms with Gasteiger partial charge in [-0.2, -0.15) is 0 Å². The molecule has 4 amide bonds. The number of aliphatic imine (C=N–C) groups is 1. The summed E-state index contributed by atoms with van der Waals surface area (Å²) >= 11 is 3.03. The van der Waals surface area contributed by atoms with Crippen molar-refractivity contribution < 1.29 is 23.9 Å². The third-order valence-electron chi connectivity index (χ3n) is 9.29. The number of benzene rings is 2. The Hall–Kier alpha value is -4.24. The van der Waals surface area contributed by atoms with Crippen LogP contribution in [-0.2, 0) is 33.7 Å². The molecule has 0 spiro atoms. The average Bonchev–Trinajstić information content (AvgIpc) is 3.67. The maximum atomic E-state index is 14.2. The molecule has 14 heteroatoms. The molecular formula is C41H57N7O5S2. The maximum Gasteiger partial charge on any atom is 0.407 e. The van der Waals surface area contributed by atoms with E-state index in [0.29, 0.717) is 64.3 Å². The number of morpholine rings is 1. The van der Waals surface area contributed by atoms with Gasteiger partial charge in [0.05, 0.1) is 30.5 Å². The van der Waals surface area contributed by atoms with Crippen LogP contribution < -0.4 is 16.0 Å². The minimum absolute atomic E-state index is 0.0896. The Kier molecular flexibility index (Phi) is 18.7. The van der Waals surface area contributed by atoms with Gasteiger partial charge in [-0.15, -0.1) is 23.1 Å². The van der Waals surface area contributed by atoms with Crippen LogP contribution in [0, 0.1) is 0 Å². The molecule has 3 N–H and O–H groups in total. The second-order valence-corrected chi connectivity index (χ2v) is 15.8. The molecule has 3 unspecified atom stereocenters. The Morgan fingerprint density at radius 3 is 2.16 bits per heavy atom. The summed E-state index contributed by atoms with van der Waals surface area (Å²) < 4.78 is 11.1. The molecule has 2 aromatic carbocycles. The fourth-order valence-electron chi connectivity index (χ4n) is 6.19. The van der Waals surface area contributed by atoms with E-state index in [1.54, 1.807) is 29.5 Å². The summed E-state index contributed by atoms with van der Waals surface area (Å²) in [6, 6.07) is 18.3. The summed E-state index contributed by atoms with van der Waals surface area (Å²) in [5.74, 6) is 0.0647. The number of hydrogen-bond acceptors (Lipinski definition) is 10. The first kappa shape index (κ1) is 43.5. The smallest absolute Gasteiger partial charge is 0.407 e. The first-order valence-electron chi connectivity index (χ1n) is 18.9. The number of hydrogen-bond donors (Lipinski definition) is 3. The molecule has 12 nitrogen and oxygen atoms in total. The number of thioether (sulfide) groups is 1. The van der Waals surface area contributed by atoms with E-state index in [1.165, 1.54) is 11.8 Å². The Balaban J connectivity index is 1.49. The molecule has 1 aromatic heterocycles. The van der Waals surface area contributed by atoms with Gasteiger partial charge in [0.1, 0.15) is 12.6 Å². The highest BCUT2D eigenvalue weighted by Crippen LogP contribution is 2.20. The predicted octanol–water partition coefficient (Wildman–Crippen LogP) is 6.25. The van der Waals surface area contributed by atoms with E-state index in [2.05, 4.69) is 51.4 Å². The van der Waals surface area contributed by atoms with Gasteiger partial charge in [-0.1, -0.05) is 74.5 Å². The first-order valence-corrected chi connectivity index (χ1v) is 21.0. The molecule has 0 aliphatic carbocycles. The van der Waals surface area contributed by atoms with E-state index in [9.17, 15) is 14.4 Å². The fourth-order valence-corrected chi connectivity index (χ4v) is 7.37. The number of nitrogens with zero attached hydrogens (tertiary/aromatic N) is 4. The zero-order valence-corrected chi connectivity index (χ0v) is 34.2. The highest BCUT2D eigenvalue weighted by molar-refractivity contribution is 8.02. The largest absolute Gasteiger partial charge is 0.444 e. The van der Waals surface area contributed by atoms with Gasteiger partial charge in [-0.25, -0.2) is 14.6 Å². The Morgan fingerprint density at radius 1 is 0.982 bits per heavy atom. The molecule has 1 aliphatic heterocycles. The van der Waals surface area contributed by atoms with Crippen molar-refractivity contribution in [2.45, 2.75) is 76.5 Å². The molecule has 55 heavy (non-hydrogen) atoms. The molecule has 2 heterocycles. The van der Waals surface area contributed by atoms with Gasteiger partial charge < -0.3 is 30.3 Å². The molecule has 3 aromatic rings. The van der Waals surface area contributed by atoms with Crippen LogP contribution in [0.3, 0.4) is 0 Å². The number of amides is 4. The molecule has 1 aliphatic rings. The first-order chi connectivity index (χ1) is 26.6. The van der Waals surface area contributed by atoms with E-state index >= 15 is 0 Å². The van der Waals surface area contributed by atoms with Gasteiger partial charge in [0.25, 0.3) is 0 Å². The number of thiazole rings is 1. The number of aromatic nitrogens is 1. The van der Waals surface area contributed by atoms with Crippen LogP contribution in [0.1, 0.15) is 60.9 Å². The minimum atomic E-state index is -0.769. The molecule has 0 bridgehead atoms. The number of nitrogens with one attached hydrogen (secondary N) is 3. The van der Waals surface area contributed by atoms with Crippen molar-refractivity contribution >= 4 is 47.8 Å². The van der Waals surface area contributed by atoms with Gasteiger partial charge in [0.15, 0.2) is 0 Å². The minimum Gasteiger partial charge on any atom is -0.444 e. The topological polar surface area (TPSA) is 137 Å². The van der Waals surface area contributed by atoms with Crippen LogP contribution in [0.25, 0.3) is 0 Å². The van der Waals surface area contributed by atoms with E-state index in [1.807, 2.05) is 72.3 Å². The van der Waals surface area contributed by atoms with Crippen molar-refractivity contribution in [2.75, 3.05) is 52.8 Å². The van der Waals surface area contributed by atoms with E-state index in [0.717, 1.165) is 39.8 Å². The van der Waals surface area contributed by atoms with Crippen LogP contribution in [0.15, 0.2) is 82.1 Å². The number of ether oxygens (including phenoxy) is 2. The normalized spacial score (nSPS) is 15.1. The lowest BCUT2D eigenvalue weighted by Crippen LogP contribution is -2.54. The summed E-state index contributed by atoms with van der Waals surface area (Å²) in [7, 11) is 1.72. The molecule has 4 rings (SSSR count). The molecule has 0 saturated carbocycles. The second-order valence-electron chi connectivity index (χ2n) is 14.0. The van der Waals surface area contributed by atoms with Gasteiger partial charge in [0, 0.05) is 61.2 Å². The van der Waals surface area contributed by atoms with E-state index in [-0.39, 0.29) is 30.6 Å². The zero-order valence-electron chi connectivity index (χ0n) is 32.6. The molecular weight excluding hydrogens is 735 g/mol. The van der Waals surface area contributed by atoms with Gasteiger partial charge >= 0.3 is 12.1 Å². The SMILES string of the molecule is C=NC=C(COC(=O)NC(CCC(Cc1ccccc1)NC(=O)C(CCN1CCOCC1)NC(=O)N(C)Cc1csc(C(C)C)n1)Cc1ccccc1)SC. The fraction of sp³-hybridized carbons (Fsp3) is 0.488. The van der Waals surface area contributed by atoms with Gasteiger partial charge in [-0.05, 0) is 56.2 Å². The van der Waals surface area contributed by atoms with Crippen molar-refractivity contribution in [3.63, 3.8) is 0 Å². The van der Waals surface area contributed by atoms with Crippen LogP contribution in [0.5, 0.6) is 0 Å². The van der Waals surface area contributed by atoms with E-state index < -0.39 is 12.1 Å². The summed E-state index contributed by atoms with van der Waals surface area (Å²) in [4.78, 5) is 53.9. The molecule has 298 valence electrons. The lowest BCUT2D eigenvalue weighted by molar-refractivity contribution is -0.124. The van der Waals surface area contributed by atoms with Crippen molar-refractivity contribution in [2.24, 2.45) is 4.99 Å². The van der Waals surface area contributed by atoms with Crippen LogP contribution in [-0.4, -0.2) is 110 Å². The van der Waals surface area contributed by atoms with E-state index in [4.69, 9.17) is 9.47 Å². The predicted molar refractivity (Wildman–Crippen MR) is 223 cm³/mol. The summed E-state index contributed by atoms with van der Waals surface area (Å²) in [5.41, 5.74) is 2.97. The Labute approximate surface area is 334 Å². The summed E-state index contributed by atoms with van der Waals surface area (Å²) in [5, 5.41) is 12.4. The Bertz CT molecular complexity index is 1650. The summed E-state index contributed by atoms with van der Waals surface area (Å²) in [6.45, 7) is 11.6. The summed E-state index contributed by atoms with van der Waals surface area (Å²) in [6.07, 6.45) is 5.69. The highest BCUT2D eigenvalue weighted by atomic mass is 32.2. The second kappa shape index (κ2) is 23.6. The molecule has 1 saturated heterocycles. The number of carbonyl (C=O) groups excluding carboxylic acids is 3. The Morgan fingerprint density at radius 2 is 1.60 bits per heavy atom. The van der Waals surface area contributed by atoms with Crippen molar-refractivity contribution in [3.05, 3.63) is 99.0 Å². The number of carbonyl (C=O) groups is 3. The highest BCUT2D eigenvalue weighted by Gasteiger charge is 2.27. The van der Waals surface area contributed by atoms with Crippen LogP contribution >= 0.6 is 23.1 Å². The van der Waals surface area contributed by atoms with Gasteiger partial charge in [0.2, 0.25) is 5.91 Å². The third kappa shape index (κ3) is 15.8. The monoisotopic (exact) mass is 791 g/mol. The van der Waals surface area contributed by atoms with Crippen molar-refractivity contribution in [1.29, 1.82) is 0 Å². The third-order valence-corrected chi connectivity index (χ3v) is 11.2. The zero-order chi connectivity index (χ0) is 39.4. The van der Waals surface area contributed by atoms with Crippen LogP contribution in [0.4, 0.5) is 9.59 Å². The average molecular weight is 792 g/mol. The van der Waals surface area contributed by atoms with Crippen molar-refractivity contribution in [1.82, 2.24) is 30.7 Å². The standard InChI is InChI=1S/C41H57N7O5S2/c1-30(2)39-44-35(29-55-39)27-47(4)40(50)46-37(18-19-48-20-22-52-23-21-48)38(49)43-33(24-31-12-8-6-9-13-31)16-17-34(25-32-14-10-7-11-15-32)45-41(51)53-28-36(54-5)26-42-3/h6-15,26,29-30,33-34,37H,3,16-25,27-28H2,1-2,4-5H3,(H,43,49)(H,45,51)(H,46,50). The van der Waals surface area contributed by atoms with Gasteiger partial charge in [-0.3, -0.25) is 14.7 Å².